The van der Waals surface area contributed by atoms with Crippen LogP contribution in [0.3, 0.4) is 0 Å². The molecule has 0 N–H and O–H groups in total. The zero-order chi connectivity index (χ0) is 28.2. The van der Waals surface area contributed by atoms with Crippen LogP contribution in [-0.4, -0.2) is 30.2 Å². The van der Waals surface area contributed by atoms with Gasteiger partial charge in [0.05, 0.1) is 42.8 Å². The molecule has 2 heterocycles. The number of benzene rings is 3. The zero-order valence-electron chi connectivity index (χ0n) is 20.7. The van der Waals surface area contributed by atoms with Crippen molar-refractivity contribution in [2.45, 2.75) is 26.7 Å². The Morgan fingerprint density at radius 3 is 2.10 bits per heavy atom. The van der Waals surface area contributed by atoms with Crippen molar-refractivity contribution in [1.29, 1.82) is 0 Å². The predicted molar refractivity (Wildman–Crippen MR) is 151 cm³/mol. The summed E-state index contributed by atoms with van der Waals surface area (Å²) < 4.78 is 5.59. The lowest BCUT2D eigenvalue weighted by Crippen LogP contribution is -2.30. The summed E-state index contributed by atoms with van der Waals surface area (Å²) in [5.74, 6) is -2.53. The maximum absolute atomic E-state index is 13.2. The number of imide groups is 1. The van der Waals surface area contributed by atoms with Crippen molar-refractivity contribution < 1.29 is 23.9 Å². The van der Waals surface area contributed by atoms with Crippen molar-refractivity contribution in [3.8, 4) is 5.75 Å². The van der Waals surface area contributed by atoms with E-state index in [9.17, 15) is 19.2 Å². The van der Waals surface area contributed by atoms with Crippen LogP contribution in [0.4, 0.5) is 11.4 Å². The fourth-order valence-corrected chi connectivity index (χ4v) is 5.90. The number of nitrogens with zero attached hydrogens (tertiary/aromatic N) is 2. The molecule has 1 saturated heterocycles. The average Bonchev–Trinajstić information content (AvgIpc) is 3.43. The molecule has 2 aliphatic heterocycles. The number of esters is 1. The first-order valence-electron chi connectivity index (χ1n) is 12.0. The SMILES string of the molecule is CCc1ccccc1N1C[C@@H](C(=O)Oc2ccc(N3C(=O)c4c(Cl)c(Cl)c(Cl)c(Cl)c4C3=O)c(C)c2)CC1=O. The van der Waals surface area contributed by atoms with Crippen molar-refractivity contribution >= 4 is 81.5 Å². The lowest BCUT2D eigenvalue weighted by molar-refractivity contribution is -0.139. The molecule has 1 fully saturated rings. The van der Waals surface area contributed by atoms with Crippen LogP contribution in [0.15, 0.2) is 42.5 Å². The van der Waals surface area contributed by atoms with Crippen LogP contribution in [0.2, 0.25) is 20.1 Å². The molecule has 2 aliphatic rings. The van der Waals surface area contributed by atoms with Crippen molar-refractivity contribution in [3.05, 3.63) is 84.8 Å². The Kier molecular flexibility index (Phi) is 7.37. The number of halogens is 4. The first kappa shape index (κ1) is 27.5. The smallest absolute Gasteiger partial charge is 0.316 e. The summed E-state index contributed by atoms with van der Waals surface area (Å²) in [5, 5.41) is -0.559. The van der Waals surface area contributed by atoms with E-state index in [1.54, 1.807) is 11.8 Å². The van der Waals surface area contributed by atoms with Gasteiger partial charge in [-0.1, -0.05) is 71.5 Å². The lowest BCUT2D eigenvalue weighted by atomic mass is 10.1. The highest BCUT2D eigenvalue weighted by Crippen LogP contribution is 2.46. The molecule has 200 valence electrons. The van der Waals surface area contributed by atoms with E-state index in [1.807, 2.05) is 31.2 Å². The molecule has 0 unspecified atom stereocenters. The minimum Gasteiger partial charge on any atom is -0.426 e. The van der Waals surface area contributed by atoms with E-state index in [1.165, 1.54) is 18.2 Å². The predicted octanol–water partition coefficient (Wildman–Crippen LogP) is 6.93. The number of hydrogen-bond acceptors (Lipinski definition) is 5. The number of rotatable bonds is 5. The van der Waals surface area contributed by atoms with Gasteiger partial charge in [0.25, 0.3) is 11.8 Å². The van der Waals surface area contributed by atoms with E-state index in [-0.39, 0.29) is 61.5 Å². The minimum absolute atomic E-state index is 0.0373. The summed E-state index contributed by atoms with van der Waals surface area (Å²) in [5.41, 5.74) is 2.28. The summed E-state index contributed by atoms with van der Waals surface area (Å²) in [4.78, 5) is 54.6. The van der Waals surface area contributed by atoms with Crippen LogP contribution in [0.5, 0.6) is 5.75 Å². The second-order valence-corrected chi connectivity index (χ2v) is 10.7. The Morgan fingerprint density at radius 1 is 0.897 bits per heavy atom. The van der Waals surface area contributed by atoms with Gasteiger partial charge in [0.2, 0.25) is 5.91 Å². The van der Waals surface area contributed by atoms with Crippen molar-refractivity contribution in [2.24, 2.45) is 5.92 Å². The number of para-hydroxylation sites is 1. The third-order valence-corrected chi connectivity index (χ3v) is 8.65. The number of carbonyl (C=O) groups is 4. The number of ether oxygens (including phenoxy) is 1. The molecule has 0 bridgehead atoms. The number of anilines is 2. The second-order valence-electron chi connectivity index (χ2n) is 9.21. The fourth-order valence-electron chi connectivity index (χ4n) is 4.88. The number of fused-ring (bicyclic) bond motifs is 1. The molecule has 0 radical (unpaired) electrons. The first-order chi connectivity index (χ1) is 18.5. The Morgan fingerprint density at radius 2 is 1.51 bits per heavy atom. The van der Waals surface area contributed by atoms with E-state index in [0.717, 1.165) is 22.6 Å². The van der Waals surface area contributed by atoms with Gasteiger partial charge in [-0.05, 0) is 48.7 Å². The first-order valence-corrected chi connectivity index (χ1v) is 13.5. The molecule has 0 saturated carbocycles. The molecule has 3 aromatic carbocycles. The monoisotopic (exact) mass is 604 g/mol. The number of carbonyl (C=O) groups excluding carboxylic acids is 4. The van der Waals surface area contributed by atoms with Gasteiger partial charge < -0.3 is 9.64 Å². The fraction of sp³-hybridized carbons (Fsp3) is 0.214. The topological polar surface area (TPSA) is 84.0 Å². The Hall–Kier alpha value is -3.10. The average molecular weight is 606 g/mol. The van der Waals surface area contributed by atoms with Gasteiger partial charge in [-0.15, -0.1) is 0 Å². The lowest BCUT2D eigenvalue weighted by Gasteiger charge is -2.20. The van der Waals surface area contributed by atoms with Crippen LogP contribution in [0, 0.1) is 12.8 Å². The molecular formula is C28H20Cl4N2O5. The summed E-state index contributed by atoms with van der Waals surface area (Å²) in [6, 6.07) is 12.1. The molecule has 3 aromatic rings. The van der Waals surface area contributed by atoms with Gasteiger partial charge in [0.1, 0.15) is 5.75 Å². The van der Waals surface area contributed by atoms with Crippen LogP contribution >= 0.6 is 46.4 Å². The standard InChI is InChI=1S/C28H20Cl4N2O5/c1-3-14-6-4-5-7-18(14)33-12-15(11-19(33)35)28(38)39-16-8-9-17(13(2)10-16)34-26(36)20-21(27(34)37)23(30)25(32)24(31)22(20)29/h4-10,15H,3,11-12H2,1-2H3/t15-/m0/s1. The van der Waals surface area contributed by atoms with Crippen LogP contribution < -0.4 is 14.5 Å². The second kappa shape index (κ2) is 10.5. The summed E-state index contributed by atoms with van der Waals surface area (Å²) in [7, 11) is 0. The highest BCUT2D eigenvalue weighted by atomic mass is 35.5. The van der Waals surface area contributed by atoms with Crippen molar-refractivity contribution in [1.82, 2.24) is 0 Å². The molecule has 1 atom stereocenters. The van der Waals surface area contributed by atoms with E-state index in [2.05, 4.69) is 0 Å². The Balaban J connectivity index is 1.35. The van der Waals surface area contributed by atoms with Crippen LogP contribution in [0.25, 0.3) is 0 Å². The van der Waals surface area contributed by atoms with Gasteiger partial charge in [0.15, 0.2) is 0 Å². The van der Waals surface area contributed by atoms with Gasteiger partial charge in [-0.2, -0.15) is 0 Å². The molecule has 5 rings (SSSR count). The molecule has 0 spiro atoms. The van der Waals surface area contributed by atoms with Gasteiger partial charge in [0, 0.05) is 18.7 Å². The van der Waals surface area contributed by atoms with Crippen molar-refractivity contribution in [3.63, 3.8) is 0 Å². The van der Waals surface area contributed by atoms with Gasteiger partial charge in [-0.25, -0.2) is 4.90 Å². The maximum Gasteiger partial charge on any atom is 0.316 e. The highest BCUT2D eigenvalue weighted by Gasteiger charge is 2.43. The van der Waals surface area contributed by atoms with E-state index in [4.69, 9.17) is 51.1 Å². The number of hydrogen-bond donors (Lipinski definition) is 0. The van der Waals surface area contributed by atoms with E-state index in [0.29, 0.717) is 5.56 Å². The summed E-state index contributed by atoms with van der Waals surface area (Å²) in [6.07, 6.45) is 0.794. The quantitative estimate of drug-likeness (QED) is 0.103. The number of aryl methyl sites for hydroxylation is 2. The van der Waals surface area contributed by atoms with Crippen molar-refractivity contribution in [2.75, 3.05) is 16.3 Å². The zero-order valence-corrected chi connectivity index (χ0v) is 23.7. The van der Waals surface area contributed by atoms with Gasteiger partial charge >= 0.3 is 5.97 Å². The molecule has 0 aliphatic carbocycles. The third-order valence-electron chi connectivity index (χ3n) is 6.85. The summed E-state index contributed by atoms with van der Waals surface area (Å²) >= 11 is 24.6. The molecule has 39 heavy (non-hydrogen) atoms. The summed E-state index contributed by atoms with van der Waals surface area (Å²) in [6.45, 7) is 3.88. The Bertz CT molecular complexity index is 1540. The van der Waals surface area contributed by atoms with E-state index >= 15 is 0 Å². The Labute approximate surface area is 244 Å². The van der Waals surface area contributed by atoms with Crippen LogP contribution in [-0.2, 0) is 16.0 Å². The third kappa shape index (κ3) is 4.57. The minimum atomic E-state index is -0.703. The molecule has 11 heteroatoms. The molecule has 0 aromatic heterocycles. The van der Waals surface area contributed by atoms with E-state index < -0.39 is 23.7 Å². The number of amides is 3. The molecular weight excluding hydrogens is 586 g/mol. The maximum atomic E-state index is 13.2. The van der Waals surface area contributed by atoms with Gasteiger partial charge in [-0.3, -0.25) is 19.2 Å². The largest absolute Gasteiger partial charge is 0.426 e. The highest BCUT2D eigenvalue weighted by molar-refractivity contribution is 6.56. The molecule has 7 nitrogen and oxygen atoms in total. The van der Waals surface area contributed by atoms with Crippen LogP contribution in [0.1, 0.15) is 45.2 Å². The molecule has 3 amide bonds. The normalized spacial score (nSPS) is 16.8.